The number of benzene rings is 2. The summed E-state index contributed by atoms with van der Waals surface area (Å²) in [4.78, 5) is 0.176. The smallest absolute Gasteiger partial charge is 0.261 e. The minimum atomic E-state index is -3.66. The van der Waals surface area contributed by atoms with Crippen LogP contribution in [-0.4, -0.2) is 22.1 Å². The van der Waals surface area contributed by atoms with E-state index in [1.54, 1.807) is 30.3 Å². The summed E-state index contributed by atoms with van der Waals surface area (Å²) in [5, 5.41) is 0. The van der Waals surface area contributed by atoms with Gasteiger partial charge in [0.15, 0.2) is 11.5 Å². The summed E-state index contributed by atoms with van der Waals surface area (Å²) in [5.41, 5.74) is 0.403. The van der Waals surface area contributed by atoms with Crippen LogP contribution in [0.3, 0.4) is 0 Å². The number of hydrogen-bond acceptors (Lipinski definition) is 4. The Bertz CT molecular complexity index is 762. The fraction of sp³-hybridized carbons (Fsp3) is 0.200. The van der Waals surface area contributed by atoms with Gasteiger partial charge in [0.1, 0.15) is 0 Å². The first-order chi connectivity index (χ1) is 10.5. The van der Waals surface area contributed by atoms with Crippen LogP contribution >= 0.6 is 15.9 Å². The van der Waals surface area contributed by atoms with E-state index in [9.17, 15) is 8.42 Å². The van der Waals surface area contributed by atoms with Gasteiger partial charge in [0.25, 0.3) is 10.0 Å². The zero-order chi connectivity index (χ0) is 16.2. The normalized spacial score (nSPS) is 11.0. The Kier molecular flexibility index (Phi) is 5.31. The summed E-state index contributed by atoms with van der Waals surface area (Å²) in [6.45, 7) is 2.36. The van der Waals surface area contributed by atoms with Gasteiger partial charge < -0.3 is 9.47 Å². The molecule has 0 saturated heterocycles. The number of halogens is 1. The van der Waals surface area contributed by atoms with Crippen molar-refractivity contribution >= 4 is 31.6 Å². The third-order valence-electron chi connectivity index (χ3n) is 2.82. The largest absolute Gasteiger partial charge is 0.493 e. The van der Waals surface area contributed by atoms with Crippen LogP contribution in [0.15, 0.2) is 51.8 Å². The Morgan fingerprint density at radius 2 is 1.91 bits per heavy atom. The van der Waals surface area contributed by atoms with E-state index in [1.165, 1.54) is 19.2 Å². The van der Waals surface area contributed by atoms with E-state index in [0.717, 1.165) is 0 Å². The van der Waals surface area contributed by atoms with Crippen molar-refractivity contribution in [3.8, 4) is 11.5 Å². The first-order valence-corrected chi connectivity index (χ1v) is 8.83. The third-order valence-corrected chi connectivity index (χ3v) is 4.69. The van der Waals surface area contributed by atoms with Gasteiger partial charge in [0.05, 0.1) is 24.3 Å². The van der Waals surface area contributed by atoms with Crippen molar-refractivity contribution in [3.63, 3.8) is 0 Å². The Balaban J connectivity index is 2.30. The fourth-order valence-electron chi connectivity index (χ4n) is 1.85. The fourth-order valence-corrected chi connectivity index (χ4v) is 3.50. The molecular formula is C15H16BrNO4S. The van der Waals surface area contributed by atoms with E-state index in [-0.39, 0.29) is 4.90 Å². The molecule has 0 unspecified atom stereocenters. The van der Waals surface area contributed by atoms with E-state index in [4.69, 9.17) is 9.47 Å². The molecule has 0 aromatic heterocycles. The molecule has 22 heavy (non-hydrogen) atoms. The molecule has 0 aliphatic rings. The van der Waals surface area contributed by atoms with E-state index < -0.39 is 10.0 Å². The van der Waals surface area contributed by atoms with Gasteiger partial charge in [0, 0.05) is 10.5 Å². The van der Waals surface area contributed by atoms with Crippen LogP contribution in [0, 0.1) is 0 Å². The van der Waals surface area contributed by atoms with Crippen molar-refractivity contribution in [2.45, 2.75) is 11.8 Å². The average molecular weight is 386 g/mol. The molecule has 0 radical (unpaired) electrons. The maximum absolute atomic E-state index is 12.4. The zero-order valence-electron chi connectivity index (χ0n) is 12.2. The SMILES string of the molecule is CCOc1ccc(NS(=O)(=O)c2cccc(Br)c2)cc1OC. The number of methoxy groups -OCH3 is 1. The van der Waals surface area contributed by atoms with E-state index in [0.29, 0.717) is 28.3 Å². The lowest BCUT2D eigenvalue weighted by atomic mass is 10.3. The molecule has 0 atom stereocenters. The molecule has 118 valence electrons. The molecule has 0 aliphatic carbocycles. The summed E-state index contributed by atoms with van der Waals surface area (Å²) in [6, 6.07) is 11.4. The Labute approximate surface area is 138 Å². The quantitative estimate of drug-likeness (QED) is 0.823. The number of anilines is 1. The molecular weight excluding hydrogens is 370 g/mol. The van der Waals surface area contributed by atoms with Crippen molar-refractivity contribution in [1.29, 1.82) is 0 Å². The first kappa shape index (κ1) is 16.6. The molecule has 0 aliphatic heterocycles. The van der Waals surface area contributed by atoms with Crippen molar-refractivity contribution in [2.75, 3.05) is 18.4 Å². The van der Waals surface area contributed by atoms with Crippen LogP contribution in [0.2, 0.25) is 0 Å². The maximum Gasteiger partial charge on any atom is 0.261 e. The van der Waals surface area contributed by atoms with Gasteiger partial charge >= 0.3 is 0 Å². The van der Waals surface area contributed by atoms with Crippen LogP contribution in [0.25, 0.3) is 0 Å². The van der Waals surface area contributed by atoms with Gasteiger partial charge in [-0.3, -0.25) is 4.72 Å². The number of nitrogens with one attached hydrogen (secondary N) is 1. The van der Waals surface area contributed by atoms with E-state index >= 15 is 0 Å². The zero-order valence-corrected chi connectivity index (χ0v) is 14.6. The molecule has 0 saturated carbocycles. The van der Waals surface area contributed by atoms with Gasteiger partial charge in [-0.1, -0.05) is 22.0 Å². The van der Waals surface area contributed by atoms with E-state index in [2.05, 4.69) is 20.7 Å². The van der Waals surface area contributed by atoms with Crippen molar-refractivity contribution in [2.24, 2.45) is 0 Å². The predicted octanol–water partition coefficient (Wildman–Crippen LogP) is 3.66. The molecule has 7 heteroatoms. The van der Waals surface area contributed by atoms with Gasteiger partial charge in [-0.05, 0) is 37.3 Å². The Morgan fingerprint density at radius 3 is 2.55 bits per heavy atom. The highest BCUT2D eigenvalue weighted by atomic mass is 79.9. The molecule has 2 aromatic rings. The van der Waals surface area contributed by atoms with Crippen molar-refractivity contribution in [1.82, 2.24) is 0 Å². The highest BCUT2D eigenvalue weighted by Gasteiger charge is 2.15. The highest BCUT2D eigenvalue weighted by molar-refractivity contribution is 9.10. The molecule has 0 heterocycles. The molecule has 0 amide bonds. The van der Waals surface area contributed by atoms with Gasteiger partial charge in [0.2, 0.25) is 0 Å². The summed E-state index contributed by atoms with van der Waals surface area (Å²) < 4.78 is 38.6. The second-order valence-corrected chi connectivity index (χ2v) is 6.96. The number of sulfonamides is 1. The highest BCUT2D eigenvalue weighted by Crippen LogP contribution is 2.31. The second-order valence-electron chi connectivity index (χ2n) is 4.36. The maximum atomic E-state index is 12.4. The summed E-state index contributed by atoms with van der Waals surface area (Å²) >= 11 is 3.26. The molecule has 1 N–H and O–H groups in total. The van der Waals surface area contributed by atoms with Crippen LogP contribution in [0.4, 0.5) is 5.69 Å². The van der Waals surface area contributed by atoms with Crippen LogP contribution in [0.1, 0.15) is 6.92 Å². The minimum absolute atomic E-state index is 0.176. The van der Waals surface area contributed by atoms with Crippen molar-refractivity contribution < 1.29 is 17.9 Å². The molecule has 0 spiro atoms. The molecule has 2 rings (SSSR count). The second kappa shape index (κ2) is 7.02. The number of rotatable bonds is 6. The average Bonchev–Trinajstić information content (AvgIpc) is 2.48. The lowest BCUT2D eigenvalue weighted by Crippen LogP contribution is -2.13. The van der Waals surface area contributed by atoms with Gasteiger partial charge in [-0.15, -0.1) is 0 Å². The molecule has 0 bridgehead atoms. The van der Waals surface area contributed by atoms with Crippen LogP contribution in [0.5, 0.6) is 11.5 Å². The summed E-state index contributed by atoms with van der Waals surface area (Å²) in [7, 11) is -2.16. The monoisotopic (exact) mass is 385 g/mol. The lowest BCUT2D eigenvalue weighted by molar-refractivity contribution is 0.311. The standard InChI is InChI=1S/C15H16BrNO4S/c1-3-21-14-8-7-12(10-15(14)20-2)17-22(18,19)13-6-4-5-11(16)9-13/h4-10,17H,3H2,1-2H3. The predicted molar refractivity (Wildman–Crippen MR) is 89.1 cm³/mol. The topological polar surface area (TPSA) is 64.6 Å². The summed E-state index contributed by atoms with van der Waals surface area (Å²) in [5.74, 6) is 1.03. The van der Waals surface area contributed by atoms with E-state index in [1.807, 2.05) is 6.92 Å². The molecule has 2 aromatic carbocycles. The first-order valence-electron chi connectivity index (χ1n) is 6.55. The van der Waals surface area contributed by atoms with Crippen molar-refractivity contribution in [3.05, 3.63) is 46.9 Å². The molecule has 5 nitrogen and oxygen atoms in total. The minimum Gasteiger partial charge on any atom is -0.493 e. The Morgan fingerprint density at radius 1 is 1.14 bits per heavy atom. The third kappa shape index (κ3) is 3.92. The van der Waals surface area contributed by atoms with Crippen LogP contribution in [-0.2, 0) is 10.0 Å². The Hall–Kier alpha value is -1.73. The number of hydrogen-bond donors (Lipinski definition) is 1. The lowest BCUT2D eigenvalue weighted by Gasteiger charge is -2.12. The summed E-state index contributed by atoms with van der Waals surface area (Å²) in [6.07, 6.45) is 0. The van der Waals surface area contributed by atoms with Gasteiger partial charge in [-0.2, -0.15) is 0 Å². The van der Waals surface area contributed by atoms with Gasteiger partial charge in [-0.25, -0.2) is 8.42 Å². The molecule has 0 fully saturated rings. The van der Waals surface area contributed by atoms with Crippen LogP contribution < -0.4 is 14.2 Å². The number of ether oxygens (including phenoxy) is 2.